The van der Waals surface area contributed by atoms with Gasteiger partial charge in [0.15, 0.2) is 0 Å². The number of amides is 3. The van der Waals surface area contributed by atoms with Crippen molar-refractivity contribution in [3.05, 3.63) is 0 Å². The van der Waals surface area contributed by atoms with Gasteiger partial charge in [0.1, 0.15) is 11.5 Å². The summed E-state index contributed by atoms with van der Waals surface area (Å²) in [6.45, 7) is 4.88. The number of carbonyl (C=O) groups excluding carboxylic acids is 2. The molecule has 1 unspecified atom stereocenters. The highest BCUT2D eigenvalue weighted by Gasteiger charge is 2.48. The molecule has 2 heterocycles. The number of urea groups is 1. The maximum Gasteiger partial charge on any atom is 0.318 e. The first-order valence-electron chi connectivity index (χ1n) is 8.39. The summed E-state index contributed by atoms with van der Waals surface area (Å²) in [5, 5.41) is 12.3. The quantitative estimate of drug-likeness (QED) is 0.759. The number of carbonyl (C=O) groups is 3. The Morgan fingerprint density at radius 2 is 2.04 bits per heavy atom. The molecule has 0 saturated carbocycles. The first-order chi connectivity index (χ1) is 11.3. The van der Waals surface area contributed by atoms with Crippen LogP contribution in [-0.2, 0) is 14.3 Å². The van der Waals surface area contributed by atoms with Crippen molar-refractivity contribution in [2.45, 2.75) is 45.2 Å². The molecule has 2 N–H and O–H groups in total. The van der Waals surface area contributed by atoms with Crippen LogP contribution < -0.4 is 5.32 Å². The Balaban J connectivity index is 2.06. The third-order valence-electron chi connectivity index (χ3n) is 4.75. The van der Waals surface area contributed by atoms with Crippen molar-refractivity contribution in [2.24, 2.45) is 5.41 Å². The van der Waals surface area contributed by atoms with Gasteiger partial charge in [0, 0.05) is 32.8 Å². The van der Waals surface area contributed by atoms with Gasteiger partial charge in [0.2, 0.25) is 5.91 Å². The number of methoxy groups -OCH3 is 1. The van der Waals surface area contributed by atoms with Crippen LogP contribution in [0.4, 0.5) is 4.79 Å². The van der Waals surface area contributed by atoms with Gasteiger partial charge in [-0.25, -0.2) is 4.79 Å². The van der Waals surface area contributed by atoms with E-state index >= 15 is 0 Å². The van der Waals surface area contributed by atoms with Gasteiger partial charge in [-0.2, -0.15) is 0 Å². The largest absolute Gasteiger partial charge is 0.481 e. The molecule has 0 aromatic rings. The number of carboxylic acid groups (broad SMARTS) is 1. The van der Waals surface area contributed by atoms with Gasteiger partial charge in [-0.1, -0.05) is 0 Å². The zero-order valence-corrected chi connectivity index (χ0v) is 14.6. The number of hydrogen-bond acceptors (Lipinski definition) is 4. The van der Waals surface area contributed by atoms with Crippen LogP contribution in [0.5, 0.6) is 0 Å². The number of likely N-dealkylation sites (tertiary alicyclic amines) is 2. The fraction of sp³-hybridized carbons (Fsp3) is 0.812. The summed E-state index contributed by atoms with van der Waals surface area (Å²) in [6, 6.07) is -0.737. The van der Waals surface area contributed by atoms with Crippen LogP contribution in [0.3, 0.4) is 0 Å². The Bertz CT molecular complexity index is 510. The first kappa shape index (κ1) is 18.5. The molecule has 0 bridgehead atoms. The second-order valence-corrected chi connectivity index (χ2v) is 6.98. The Labute approximate surface area is 142 Å². The fourth-order valence-corrected chi connectivity index (χ4v) is 3.50. The number of aliphatic carboxylic acids is 1. The number of nitrogens with zero attached hydrogens (tertiary/aromatic N) is 2. The standard InChI is InChI=1S/C16H27N3O5/c1-11(2)17-15(23)19-7-4-5-12(19)13(20)18-8-6-16(9-18,10-24-3)14(21)22/h11-12H,4-10H2,1-3H3,(H,17,23)(H,21,22)/t12-,16?/m0/s1. The molecular formula is C16H27N3O5. The minimum atomic E-state index is -1.05. The van der Waals surface area contributed by atoms with E-state index in [-0.39, 0.29) is 31.1 Å². The lowest BCUT2D eigenvalue weighted by atomic mass is 9.88. The van der Waals surface area contributed by atoms with E-state index < -0.39 is 17.4 Å². The van der Waals surface area contributed by atoms with E-state index in [2.05, 4.69) is 5.32 Å². The van der Waals surface area contributed by atoms with Crippen LogP contribution in [0.15, 0.2) is 0 Å². The molecule has 2 saturated heterocycles. The minimum Gasteiger partial charge on any atom is -0.481 e. The van der Waals surface area contributed by atoms with Gasteiger partial charge in [-0.3, -0.25) is 9.59 Å². The van der Waals surface area contributed by atoms with Gasteiger partial charge >= 0.3 is 12.0 Å². The second-order valence-electron chi connectivity index (χ2n) is 6.98. The molecule has 0 aliphatic carbocycles. The number of rotatable bonds is 5. The van der Waals surface area contributed by atoms with Crippen molar-refractivity contribution in [1.29, 1.82) is 0 Å². The van der Waals surface area contributed by atoms with E-state index in [9.17, 15) is 19.5 Å². The molecule has 136 valence electrons. The first-order valence-corrected chi connectivity index (χ1v) is 8.39. The average Bonchev–Trinajstić information content (AvgIpc) is 3.13. The lowest BCUT2D eigenvalue weighted by Gasteiger charge is -2.29. The molecule has 0 aromatic heterocycles. The summed E-state index contributed by atoms with van der Waals surface area (Å²) < 4.78 is 5.05. The van der Waals surface area contributed by atoms with Crippen LogP contribution in [0.25, 0.3) is 0 Å². The lowest BCUT2D eigenvalue weighted by molar-refractivity contribution is -0.151. The maximum absolute atomic E-state index is 12.8. The Morgan fingerprint density at radius 1 is 1.33 bits per heavy atom. The number of carboxylic acids is 1. The van der Waals surface area contributed by atoms with Crippen molar-refractivity contribution < 1.29 is 24.2 Å². The molecule has 2 atom stereocenters. The summed E-state index contributed by atoms with van der Waals surface area (Å²) >= 11 is 0. The monoisotopic (exact) mass is 341 g/mol. The fourth-order valence-electron chi connectivity index (χ4n) is 3.50. The summed E-state index contributed by atoms with van der Waals surface area (Å²) in [6.07, 6.45) is 1.76. The Hall–Kier alpha value is -1.83. The summed E-state index contributed by atoms with van der Waals surface area (Å²) in [5.41, 5.74) is -1.05. The molecule has 24 heavy (non-hydrogen) atoms. The SMILES string of the molecule is COCC1(C(=O)O)CCN(C(=O)[C@@H]2CCCN2C(=O)NC(C)C)C1. The van der Waals surface area contributed by atoms with Crippen molar-refractivity contribution >= 4 is 17.9 Å². The predicted octanol–water partition coefficient (Wildman–Crippen LogP) is 0.519. The van der Waals surface area contributed by atoms with E-state index in [1.165, 1.54) is 7.11 Å². The molecular weight excluding hydrogens is 314 g/mol. The average molecular weight is 341 g/mol. The van der Waals surface area contributed by atoms with Crippen LogP contribution in [0, 0.1) is 5.41 Å². The van der Waals surface area contributed by atoms with Crippen molar-refractivity contribution in [3.8, 4) is 0 Å². The van der Waals surface area contributed by atoms with Gasteiger partial charge in [-0.15, -0.1) is 0 Å². The summed E-state index contributed by atoms with van der Waals surface area (Å²) in [5.74, 6) is -1.11. The van der Waals surface area contributed by atoms with Crippen LogP contribution in [0.2, 0.25) is 0 Å². The molecule has 0 spiro atoms. The number of hydrogen-bond donors (Lipinski definition) is 2. The predicted molar refractivity (Wildman–Crippen MR) is 86.5 cm³/mol. The maximum atomic E-state index is 12.8. The van der Waals surface area contributed by atoms with Crippen LogP contribution in [0.1, 0.15) is 33.1 Å². The van der Waals surface area contributed by atoms with E-state index in [4.69, 9.17) is 4.74 Å². The molecule has 0 aromatic carbocycles. The second kappa shape index (κ2) is 7.38. The Morgan fingerprint density at radius 3 is 2.62 bits per heavy atom. The van der Waals surface area contributed by atoms with Crippen molar-refractivity contribution in [2.75, 3.05) is 33.4 Å². The van der Waals surface area contributed by atoms with Gasteiger partial charge in [-0.05, 0) is 33.1 Å². The molecule has 2 aliphatic heterocycles. The van der Waals surface area contributed by atoms with E-state index in [1.807, 2.05) is 13.8 Å². The Kier molecular flexibility index (Phi) is 5.69. The molecule has 2 fully saturated rings. The van der Waals surface area contributed by atoms with Gasteiger partial charge in [0.05, 0.1) is 6.61 Å². The normalized spacial score (nSPS) is 26.9. The molecule has 8 heteroatoms. The highest BCUT2D eigenvalue weighted by molar-refractivity contribution is 5.89. The van der Waals surface area contributed by atoms with E-state index in [1.54, 1.807) is 9.80 Å². The van der Waals surface area contributed by atoms with Crippen LogP contribution >= 0.6 is 0 Å². The zero-order valence-electron chi connectivity index (χ0n) is 14.6. The van der Waals surface area contributed by atoms with E-state index in [0.29, 0.717) is 25.9 Å². The zero-order chi connectivity index (χ0) is 17.9. The van der Waals surface area contributed by atoms with Gasteiger partial charge < -0.3 is 25.0 Å². The highest BCUT2D eigenvalue weighted by Crippen LogP contribution is 2.33. The summed E-state index contributed by atoms with van der Waals surface area (Å²) in [7, 11) is 1.46. The van der Waals surface area contributed by atoms with Crippen LogP contribution in [-0.4, -0.2) is 78.2 Å². The smallest absolute Gasteiger partial charge is 0.318 e. The summed E-state index contributed by atoms with van der Waals surface area (Å²) in [4.78, 5) is 39.8. The topological polar surface area (TPSA) is 99.2 Å². The molecule has 2 rings (SSSR count). The molecule has 2 aliphatic rings. The van der Waals surface area contributed by atoms with Gasteiger partial charge in [0.25, 0.3) is 0 Å². The molecule has 0 radical (unpaired) electrons. The third-order valence-corrected chi connectivity index (χ3v) is 4.75. The van der Waals surface area contributed by atoms with E-state index in [0.717, 1.165) is 6.42 Å². The number of nitrogens with one attached hydrogen (secondary N) is 1. The molecule has 3 amide bonds. The minimum absolute atomic E-state index is 0.00185. The van der Waals surface area contributed by atoms with Crippen molar-refractivity contribution in [3.63, 3.8) is 0 Å². The lowest BCUT2D eigenvalue weighted by Crippen LogP contribution is -2.52. The molecule has 8 nitrogen and oxygen atoms in total. The van der Waals surface area contributed by atoms with Crippen molar-refractivity contribution in [1.82, 2.24) is 15.1 Å². The number of ether oxygens (including phenoxy) is 1. The highest BCUT2D eigenvalue weighted by atomic mass is 16.5. The third kappa shape index (κ3) is 3.63.